The van der Waals surface area contributed by atoms with Gasteiger partial charge in [-0.1, -0.05) is 20.8 Å². The van der Waals surface area contributed by atoms with Gasteiger partial charge in [0.1, 0.15) is 5.78 Å². The Bertz CT molecular complexity index is 167. The highest BCUT2D eigenvalue weighted by Crippen LogP contribution is 2.13. The Morgan fingerprint density at radius 2 is 1.77 bits per heavy atom. The molecular weight excluding hydrogens is 162 g/mol. The van der Waals surface area contributed by atoms with Crippen LogP contribution in [0.1, 0.15) is 41.5 Å². The SMILES string of the molecule is CCN(CC(=O)C(C)C)C(C)(C)C. The molecule has 0 aliphatic heterocycles. The summed E-state index contributed by atoms with van der Waals surface area (Å²) in [5, 5.41) is 0. The van der Waals surface area contributed by atoms with Gasteiger partial charge in [0.15, 0.2) is 0 Å². The number of carbonyl (C=O) groups excluding carboxylic acids is 1. The molecule has 0 aromatic heterocycles. The van der Waals surface area contributed by atoms with Crippen LogP contribution in [-0.4, -0.2) is 29.3 Å². The molecule has 0 aromatic rings. The molecule has 0 aromatic carbocycles. The number of hydrogen-bond donors (Lipinski definition) is 0. The summed E-state index contributed by atoms with van der Waals surface area (Å²) in [4.78, 5) is 13.7. The molecule has 2 nitrogen and oxygen atoms in total. The maximum atomic E-state index is 11.5. The van der Waals surface area contributed by atoms with Crippen LogP contribution in [0, 0.1) is 5.92 Å². The van der Waals surface area contributed by atoms with Gasteiger partial charge in [-0.2, -0.15) is 0 Å². The monoisotopic (exact) mass is 185 g/mol. The lowest BCUT2D eigenvalue weighted by Crippen LogP contribution is -2.44. The fourth-order valence-corrected chi connectivity index (χ4v) is 1.19. The van der Waals surface area contributed by atoms with Crippen molar-refractivity contribution < 1.29 is 4.79 Å². The molecule has 0 amide bonds. The average molecular weight is 185 g/mol. The van der Waals surface area contributed by atoms with E-state index in [1.54, 1.807) is 0 Å². The standard InChI is InChI=1S/C11H23NO/c1-7-12(11(4,5)6)8-10(13)9(2)3/h9H,7-8H2,1-6H3. The van der Waals surface area contributed by atoms with Gasteiger partial charge in [-0.05, 0) is 27.3 Å². The minimum atomic E-state index is 0.0965. The van der Waals surface area contributed by atoms with E-state index in [0.717, 1.165) is 6.54 Å². The number of rotatable bonds is 4. The smallest absolute Gasteiger partial charge is 0.149 e. The molecule has 0 unspecified atom stereocenters. The summed E-state index contributed by atoms with van der Waals surface area (Å²) in [7, 11) is 0. The van der Waals surface area contributed by atoms with Crippen LogP contribution in [0.25, 0.3) is 0 Å². The highest BCUT2D eigenvalue weighted by molar-refractivity contribution is 5.82. The fourth-order valence-electron chi connectivity index (χ4n) is 1.19. The summed E-state index contributed by atoms with van der Waals surface area (Å²) >= 11 is 0. The maximum Gasteiger partial charge on any atom is 0.149 e. The van der Waals surface area contributed by atoms with Gasteiger partial charge in [0.05, 0.1) is 6.54 Å². The third kappa shape index (κ3) is 4.41. The first-order chi connectivity index (χ1) is 5.79. The average Bonchev–Trinajstić information content (AvgIpc) is 1.96. The van der Waals surface area contributed by atoms with Crippen molar-refractivity contribution in [1.82, 2.24) is 4.90 Å². The Morgan fingerprint density at radius 1 is 1.31 bits per heavy atom. The van der Waals surface area contributed by atoms with Crippen molar-refractivity contribution in [2.45, 2.75) is 47.1 Å². The highest BCUT2D eigenvalue weighted by Gasteiger charge is 2.22. The summed E-state index contributed by atoms with van der Waals surface area (Å²) in [5.41, 5.74) is 0.0965. The van der Waals surface area contributed by atoms with Crippen LogP contribution >= 0.6 is 0 Å². The normalized spacial score (nSPS) is 12.6. The van der Waals surface area contributed by atoms with Crippen LogP contribution < -0.4 is 0 Å². The van der Waals surface area contributed by atoms with Crippen molar-refractivity contribution in [2.24, 2.45) is 5.92 Å². The van der Waals surface area contributed by atoms with Crippen LogP contribution in [0.2, 0.25) is 0 Å². The number of ketones is 1. The zero-order valence-corrected chi connectivity index (χ0v) is 9.85. The second-order valence-corrected chi connectivity index (χ2v) is 4.81. The lowest BCUT2D eigenvalue weighted by Gasteiger charge is -2.34. The quantitative estimate of drug-likeness (QED) is 0.670. The van der Waals surface area contributed by atoms with Crippen LogP contribution in [0.5, 0.6) is 0 Å². The third-order valence-corrected chi connectivity index (χ3v) is 2.32. The van der Waals surface area contributed by atoms with Gasteiger partial charge in [0.2, 0.25) is 0 Å². The van der Waals surface area contributed by atoms with Crippen LogP contribution in [-0.2, 0) is 4.79 Å². The van der Waals surface area contributed by atoms with Crippen LogP contribution in [0.3, 0.4) is 0 Å². The summed E-state index contributed by atoms with van der Waals surface area (Å²) in [5.74, 6) is 0.480. The summed E-state index contributed by atoms with van der Waals surface area (Å²) in [6.45, 7) is 14.0. The zero-order chi connectivity index (χ0) is 10.6. The number of hydrogen-bond acceptors (Lipinski definition) is 2. The van der Waals surface area contributed by atoms with E-state index >= 15 is 0 Å². The number of likely N-dealkylation sites (N-methyl/N-ethyl adjacent to an activating group) is 1. The molecule has 0 aliphatic rings. The molecule has 0 N–H and O–H groups in total. The second-order valence-electron chi connectivity index (χ2n) is 4.81. The van der Waals surface area contributed by atoms with Crippen LogP contribution in [0.4, 0.5) is 0 Å². The first kappa shape index (κ1) is 12.6. The van der Waals surface area contributed by atoms with E-state index in [9.17, 15) is 4.79 Å². The Morgan fingerprint density at radius 3 is 2.00 bits per heavy atom. The van der Waals surface area contributed by atoms with E-state index in [1.165, 1.54) is 0 Å². The number of nitrogens with zero attached hydrogens (tertiary/aromatic N) is 1. The molecule has 0 heterocycles. The molecule has 0 saturated carbocycles. The number of carbonyl (C=O) groups is 1. The van der Waals surface area contributed by atoms with Crippen molar-refractivity contribution in [3.8, 4) is 0 Å². The molecule has 0 saturated heterocycles. The molecule has 2 heteroatoms. The Balaban J connectivity index is 4.22. The van der Waals surface area contributed by atoms with Gasteiger partial charge in [0.25, 0.3) is 0 Å². The van der Waals surface area contributed by atoms with E-state index in [1.807, 2.05) is 13.8 Å². The van der Waals surface area contributed by atoms with Gasteiger partial charge < -0.3 is 0 Å². The minimum absolute atomic E-state index is 0.0965. The van der Waals surface area contributed by atoms with Gasteiger partial charge in [0, 0.05) is 11.5 Å². The second kappa shape index (κ2) is 4.75. The molecule has 0 fully saturated rings. The predicted octanol–water partition coefficient (Wildman–Crippen LogP) is 2.33. The largest absolute Gasteiger partial charge is 0.298 e. The van der Waals surface area contributed by atoms with Gasteiger partial charge in [-0.25, -0.2) is 0 Å². The summed E-state index contributed by atoms with van der Waals surface area (Å²) in [6.07, 6.45) is 0. The number of Topliss-reactive ketones (excluding diaryl/α,β-unsaturated/α-hetero) is 1. The molecule has 78 valence electrons. The molecule has 0 rings (SSSR count). The van der Waals surface area contributed by atoms with E-state index in [-0.39, 0.29) is 11.5 Å². The highest BCUT2D eigenvalue weighted by atomic mass is 16.1. The Hall–Kier alpha value is -0.370. The lowest BCUT2D eigenvalue weighted by molar-refractivity contribution is -0.124. The topological polar surface area (TPSA) is 20.3 Å². The van der Waals surface area contributed by atoms with Crippen molar-refractivity contribution in [3.63, 3.8) is 0 Å². The Labute approximate surface area is 82.3 Å². The van der Waals surface area contributed by atoms with Crippen molar-refractivity contribution in [3.05, 3.63) is 0 Å². The zero-order valence-electron chi connectivity index (χ0n) is 9.85. The van der Waals surface area contributed by atoms with E-state index < -0.39 is 0 Å². The molecule has 0 spiro atoms. The van der Waals surface area contributed by atoms with E-state index in [0.29, 0.717) is 12.3 Å². The van der Waals surface area contributed by atoms with Crippen LogP contribution in [0.15, 0.2) is 0 Å². The predicted molar refractivity (Wildman–Crippen MR) is 56.8 cm³/mol. The molecule has 0 radical (unpaired) electrons. The molecular formula is C11H23NO. The molecule has 0 bridgehead atoms. The Kier molecular flexibility index (Phi) is 4.62. The minimum Gasteiger partial charge on any atom is -0.298 e. The molecule has 13 heavy (non-hydrogen) atoms. The van der Waals surface area contributed by atoms with E-state index in [4.69, 9.17) is 0 Å². The van der Waals surface area contributed by atoms with Crippen molar-refractivity contribution in [1.29, 1.82) is 0 Å². The van der Waals surface area contributed by atoms with E-state index in [2.05, 4.69) is 32.6 Å². The lowest BCUT2D eigenvalue weighted by atomic mass is 10.0. The molecule has 0 atom stereocenters. The summed E-state index contributed by atoms with van der Waals surface area (Å²) in [6, 6.07) is 0. The van der Waals surface area contributed by atoms with Gasteiger partial charge in [-0.15, -0.1) is 0 Å². The summed E-state index contributed by atoms with van der Waals surface area (Å²) < 4.78 is 0. The first-order valence-electron chi connectivity index (χ1n) is 5.06. The fraction of sp³-hybridized carbons (Fsp3) is 0.909. The van der Waals surface area contributed by atoms with Crippen molar-refractivity contribution in [2.75, 3.05) is 13.1 Å². The van der Waals surface area contributed by atoms with Gasteiger partial charge in [-0.3, -0.25) is 9.69 Å². The van der Waals surface area contributed by atoms with Gasteiger partial charge >= 0.3 is 0 Å². The molecule has 0 aliphatic carbocycles. The third-order valence-electron chi connectivity index (χ3n) is 2.32. The first-order valence-corrected chi connectivity index (χ1v) is 5.06. The maximum absolute atomic E-state index is 11.5. The van der Waals surface area contributed by atoms with Crippen molar-refractivity contribution >= 4 is 5.78 Å².